The molecule has 45 heavy (non-hydrogen) atoms. The number of imidazole rings is 1. The summed E-state index contributed by atoms with van der Waals surface area (Å²) in [5, 5.41) is 12.2. The number of carboxylic acids is 1. The smallest absolute Gasteiger partial charge is 0.481 e. The van der Waals surface area contributed by atoms with Gasteiger partial charge >= 0.3 is 12.3 Å². The standard InChI is InChI=1S/C31H23Cl2F3N4O5/c32-20-5-8-22(9-6-20)44-27-12-7-21(15-24(27)33)40(17-18-1-3-19(4-2-18)29(43)37-14-13-28(41)42)30-38-25-11-10-23(16-26(25)39-30)45-31(34,35)36/h1-12,15-16H,13-14,17H2,(H,37,43)(H,38,39)(H,41,42). The van der Waals surface area contributed by atoms with Crippen LogP contribution in [0.15, 0.2) is 84.9 Å². The highest BCUT2D eigenvalue weighted by atomic mass is 35.5. The summed E-state index contributed by atoms with van der Waals surface area (Å²) in [5.74, 6) is -0.651. The number of H-pyrrole nitrogens is 1. The maximum atomic E-state index is 12.8. The fourth-order valence-electron chi connectivity index (χ4n) is 4.29. The molecular weight excluding hydrogens is 636 g/mol. The van der Waals surface area contributed by atoms with E-state index in [4.69, 9.17) is 33.0 Å². The number of nitrogens with zero attached hydrogens (tertiary/aromatic N) is 2. The predicted molar refractivity (Wildman–Crippen MR) is 163 cm³/mol. The highest BCUT2D eigenvalue weighted by Crippen LogP contribution is 2.36. The number of benzene rings is 4. The van der Waals surface area contributed by atoms with E-state index in [0.29, 0.717) is 44.8 Å². The maximum Gasteiger partial charge on any atom is 0.573 e. The molecule has 14 heteroatoms. The van der Waals surface area contributed by atoms with Crippen LogP contribution in [0.2, 0.25) is 10.0 Å². The fourth-order valence-corrected chi connectivity index (χ4v) is 4.63. The number of hydrogen-bond donors (Lipinski definition) is 3. The number of nitrogens with one attached hydrogen (secondary N) is 2. The summed E-state index contributed by atoms with van der Waals surface area (Å²) in [4.78, 5) is 32.5. The molecule has 0 fully saturated rings. The lowest BCUT2D eigenvalue weighted by Gasteiger charge is -2.23. The number of hydrogen-bond acceptors (Lipinski definition) is 6. The van der Waals surface area contributed by atoms with Crippen LogP contribution in [0.1, 0.15) is 22.3 Å². The lowest BCUT2D eigenvalue weighted by atomic mass is 10.1. The first-order chi connectivity index (χ1) is 21.4. The third kappa shape index (κ3) is 8.37. The lowest BCUT2D eigenvalue weighted by Crippen LogP contribution is -2.26. The van der Waals surface area contributed by atoms with E-state index < -0.39 is 24.0 Å². The Morgan fingerprint density at radius 3 is 2.31 bits per heavy atom. The molecule has 5 aromatic rings. The van der Waals surface area contributed by atoms with Gasteiger partial charge in [-0.3, -0.25) is 9.59 Å². The Morgan fingerprint density at radius 1 is 0.933 bits per heavy atom. The monoisotopic (exact) mass is 658 g/mol. The third-order valence-corrected chi connectivity index (χ3v) is 6.93. The average molecular weight is 659 g/mol. The topological polar surface area (TPSA) is 117 Å². The van der Waals surface area contributed by atoms with Crippen molar-refractivity contribution in [2.75, 3.05) is 11.4 Å². The molecule has 0 aliphatic rings. The van der Waals surface area contributed by atoms with Gasteiger partial charge in [0.15, 0.2) is 0 Å². The van der Waals surface area contributed by atoms with Crippen molar-refractivity contribution in [1.82, 2.24) is 15.3 Å². The van der Waals surface area contributed by atoms with Gasteiger partial charge in [-0.05, 0) is 72.3 Å². The second-order valence-electron chi connectivity index (χ2n) is 9.64. The minimum Gasteiger partial charge on any atom is -0.481 e. The first kappa shape index (κ1) is 31.5. The van der Waals surface area contributed by atoms with Crippen LogP contribution >= 0.6 is 23.2 Å². The lowest BCUT2D eigenvalue weighted by molar-refractivity contribution is -0.274. The zero-order valence-electron chi connectivity index (χ0n) is 23.1. The minimum atomic E-state index is -4.85. The average Bonchev–Trinajstić information content (AvgIpc) is 3.40. The minimum absolute atomic E-state index is 0.00996. The van der Waals surface area contributed by atoms with E-state index in [-0.39, 0.29) is 24.5 Å². The molecule has 0 spiro atoms. The maximum absolute atomic E-state index is 12.8. The molecule has 3 N–H and O–H groups in total. The van der Waals surface area contributed by atoms with Crippen molar-refractivity contribution in [3.05, 3.63) is 106 Å². The van der Waals surface area contributed by atoms with Crippen molar-refractivity contribution in [3.8, 4) is 17.2 Å². The number of carbonyl (C=O) groups excluding carboxylic acids is 1. The molecule has 0 aliphatic carbocycles. The van der Waals surface area contributed by atoms with Gasteiger partial charge in [0.05, 0.1) is 29.0 Å². The van der Waals surface area contributed by atoms with Gasteiger partial charge in [0.25, 0.3) is 5.91 Å². The van der Waals surface area contributed by atoms with E-state index in [9.17, 15) is 22.8 Å². The Balaban J connectivity index is 1.44. The summed E-state index contributed by atoms with van der Waals surface area (Å²) < 4.78 is 48.3. The van der Waals surface area contributed by atoms with Crippen molar-refractivity contribution in [1.29, 1.82) is 0 Å². The summed E-state index contributed by atoms with van der Waals surface area (Å²) >= 11 is 12.6. The molecule has 1 aromatic heterocycles. The summed E-state index contributed by atoms with van der Waals surface area (Å²) in [6.07, 6.45) is -5.05. The molecule has 4 aromatic carbocycles. The number of carboxylic acid groups (broad SMARTS) is 1. The van der Waals surface area contributed by atoms with E-state index in [1.807, 2.05) is 0 Å². The van der Waals surface area contributed by atoms with Gasteiger partial charge in [0, 0.05) is 28.9 Å². The molecule has 0 saturated heterocycles. The van der Waals surface area contributed by atoms with Gasteiger partial charge in [-0.2, -0.15) is 0 Å². The van der Waals surface area contributed by atoms with Crippen molar-refractivity contribution in [2.45, 2.75) is 19.3 Å². The number of amides is 1. The molecule has 1 amide bonds. The highest BCUT2D eigenvalue weighted by molar-refractivity contribution is 6.32. The number of halogens is 5. The van der Waals surface area contributed by atoms with E-state index in [2.05, 4.69) is 20.0 Å². The normalized spacial score (nSPS) is 11.3. The quantitative estimate of drug-likeness (QED) is 0.131. The van der Waals surface area contributed by atoms with E-state index >= 15 is 0 Å². The van der Waals surface area contributed by atoms with Gasteiger partial charge < -0.3 is 29.8 Å². The SMILES string of the molecule is O=C(O)CCNC(=O)c1ccc(CN(c2ccc(Oc3ccc(Cl)cc3)c(Cl)c2)c2nc3ccc(OC(F)(F)F)cc3[nH]2)cc1. The number of rotatable bonds is 11. The van der Waals surface area contributed by atoms with E-state index in [0.717, 1.165) is 5.56 Å². The largest absolute Gasteiger partial charge is 0.573 e. The molecule has 0 unspecified atom stereocenters. The molecule has 0 atom stereocenters. The molecule has 5 rings (SSSR count). The van der Waals surface area contributed by atoms with Crippen LogP contribution in [0.4, 0.5) is 24.8 Å². The Bertz CT molecular complexity index is 1830. The van der Waals surface area contributed by atoms with Crippen LogP contribution in [0.5, 0.6) is 17.2 Å². The summed E-state index contributed by atoms with van der Waals surface area (Å²) in [5.41, 5.74) is 2.36. The van der Waals surface area contributed by atoms with Gasteiger partial charge in [-0.25, -0.2) is 4.98 Å². The van der Waals surface area contributed by atoms with Crippen molar-refractivity contribution in [3.63, 3.8) is 0 Å². The number of aromatic nitrogens is 2. The molecule has 0 aliphatic heterocycles. The van der Waals surface area contributed by atoms with Crippen LogP contribution < -0.4 is 19.7 Å². The first-order valence-electron chi connectivity index (χ1n) is 13.3. The zero-order chi connectivity index (χ0) is 32.1. The summed E-state index contributed by atoms with van der Waals surface area (Å²) in [6, 6.07) is 22.2. The van der Waals surface area contributed by atoms with Gasteiger partial charge in [-0.15, -0.1) is 13.2 Å². The molecule has 0 bridgehead atoms. The van der Waals surface area contributed by atoms with Crippen molar-refractivity contribution in [2.24, 2.45) is 0 Å². The zero-order valence-corrected chi connectivity index (χ0v) is 24.6. The van der Waals surface area contributed by atoms with Crippen LogP contribution in [0, 0.1) is 0 Å². The number of carbonyl (C=O) groups is 2. The van der Waals surface area contributed by atoms with E-state index in [1.54, 1.807) is 71.6 Å². The van der Waals surface area contributed by atoms with Crippen molar-refractivity contribution < 1.29 is 37.3 Å². The Hall–Kier alpha value is -4.94. The highest BCUT2D eigenvalue weighted by Gasteiger charge is 2.31. The first-order valence-corrected chi connectivity index (χ1v) is 14.0. The van der Waals surface area contributed by atoms with Crippen LogP contribution in [0.25, 0.3) is 11.0 Å². The summed E-state index contributed by atoms with van der Waals surface area (Å²) in [7, 11) is 0. The summed E-state index contributed by atoms with van der Waals surface area (Å²) in [6.45, 7) is 0.199. The molecule has 0 radical (unpaired) electrons. The Morgan fingerprint density at radius 2 is 1.64 bits per heavy atom. The molecule has 0 saturated carbocycles. The van der Waals surface area contributed by atoms with Gasteiger partial charge in [0.1, 0.15) is 17.2 Å². The molecule has 232 valence electrons. The Kier molecular flexibility index (Phi) is 9.35. The fraction of sp³-hybridized carbons (Fsp3) is 0.129. The van der Waals surface area contributed by atoms with Crippen molar-refractivity contribution >= 4 is 57.7 Å². The number of anilines is 2. The van der Waals surface area contributed by atoms with Crippen LogP contribution in [-0.2, 0) is 11.3 Å². The predicted octanol–water partition coefficient (Wildman–Crippen LogP) is 8.10. The van der Waals surface area contributed by atoms with Crippen LogP contribution in [-0.4, -0.2) is 39.9 Å². The Labute approximate surface area is 264 Å². The number of aliphatic carboxylic acids is 1. The molecular formula is C31H23Cl2F3N4O5. The molecule has 1 heterocycles. The van der Waals surface area contributed by atoms with Crippen LogP contribution in [0.3, 0.4) is 0 Å². The van der Waals surface area contributed by atoms with Gasteiger partial charge in [0.2, 0.25) is 5.95 Å². The number of fused-ring (bicyclic) bond motifs is 1. The van der Waals surface area contributed by atoms with E-state index in [1.165, 1.54) is 18.2 Å². The number of alkyl halides is 3. The second kappa shape index (κ2) is 13.4. The number of ether oxygens (including phenoxy) is 2. The number of aromatic amines is 1. The third-order valence-electron chi connectivity index (χ3n) is 6.38. The second-order valence-corrected chi connectivity index (χ2v) is 10.5. The van der Waals surface area contributed by atoms with Gasteiger partial charge in [-0.1, -0.05) is 35.3 Å². The molecule has 9 nitrogen and oxygen atoms in total.